The molecule has 1 aliphatic rings. The van der Waals surface area contributed by atoms with E-state index in [0.717, 1.165) is 11.0 Å². The van der Waals surface area contributed by atoms with Crippen LogP contribution >= 0.6 is 0 Å². The lowest BCUT2D eigenvalue weighted by Gasteiger charge is -2.22. The van der Waals surface area contributed by atoms with Crippen LogP contribution in [0.25, 0.3) is 22.6 Å². The van der Waals surface area contributed by atoms with E-state index < -0.39 is 47.8 Å². The minimum Gasteiger partial charge on any atom is -0.394 e. The van der Waals surface area contributed by atoms with Gasteiger partial charge >= 0.3 is 0 Å². The molecule has 0 saturated carbocycles. The molecule has 12 heteroatoms. The number of nitrogens with zero attached hydrogens (tertiary/aromatic N) is 6. The zero-order valence-electron chi connectivity index (χ0n) is 15.0. The lowest BCUT2D eigenvalue weighted by molar-refractivity contribution is -0.0991. The Labute approximate surface area is 162 Å². The van der Waals surface area contributed by atoms with Crippen LogP contribution in [0.1, 0.15) is 0 Å². The number of pyridine rings is 1. The Morgan fingerprint density at radius 1 is 1.24 bits per heavy atom. The van der Waals surface area contributed by atoms with Crippen molar-refractivity contribution in [2.24, 2.45) is 7.05 Å². The summed E-state index contributed by atoms with van der Waals surface area (Å²) in [5.41, 5.74) is -0.737. The van der Waals surface area contributed by atoms with Crippen LogP contribution in [0.15, 0.2) is 24.4 Å². The monoisotopic (exact) mass is 408 g/mol. The molecule has 2 aromatic heterocycles. The molecule has 1 aliphatic heterocycles. The smallest absolute Gasteiger partial charge is 0.238 e. The van der Waals surface area contributed by atoms with Gasteiger partial charge in [-0.15, -0.1) is 5.10 Å². The molecule has 0 aliphatic carbocycles. The van der Waals surface area contributed by atoms with E-state index in [4.69, 9.17) is 9.84 Å². The molecule has 3 aromatic rings. The van der Waals surface area contributed by atoms with E-state index in [0.29, 0.717) is 11.5 Å². The number of anilines is 1. The van der Waals surface area contributed by atoms with E-state index >= 15 is 0 Å². The molecule has 0 bridgehead atoms. The highest BCUT2D eigenvalue weighted by Gasteiger charge is 2.35. The fraction of sp³-hybridized carbons (Fsp3) is 0.294. The van der Waals surface area contributed by atoms with Crippen molar-refractivity contribution in [2.75, 3.05) is 18.1 Å². The van der Waals surface area contributed by atoms with E-state index in [1.165, 1.54) is 23.0 Å². The lowest BCUT2D eigenvalue weighted by atomic mass is 10.0. The van der Waals surface area contributed by atoms with Crippen molar-refractivity contribution in [3.63, 3.8) is 0 Å². The van der Waals surface area contributed by atoms with Crippen molar-refractivity contribution < 1.29 is 28.1 Å². The maximum atomic E-state index is 14.7. The number of halogens is 3. The van der Waals surface area contributed by atoms with Gasteiger partial charge in [0.15, 0.2) is 17.5 Å². The summed E-state index contributed by atoms with van der Waals surface area (Å²) in [6.45, 7) is -0.563. The average molecular weight is 408 g/mol. The Bertz CT molecular complexity index is 1050. The summed E-state index contributed by atoms with van der Waals surface area (Å²) in [7, 11) is 1.61. The molecule has 9 nitrogen and oxygen atoms in total. The second kappa shape index (κ2) is 7.39. The Morgan fingerprint density at radius 2 is 2.03 bits per heavy atom. The normalized spacial score (nSPS) is 19.2. The fourth-order valence-electron chi connectivity index (χ4n) is 3.09. The van der Waals surface area contributed by atoms with E-state index in [1.54, 1.807) is 7.05 Å². The number of aliphatic hydroxyl groups excluding tert-OH is 2. The lowest BCUT2D eigenvalue weighted by Crippen LogP contribution is -2.31. The molecule has 1 fully saturated rings. The first-order valence-electron chi connectivity index (χ1n) is 8.48. The molecule has 0 spiro atoms. The van der Waals surface area contributed by atoms with Crippen molar-refractivity contribution in [1.82, 2.24) is 25.2 Å². The van der Waals surface area contributed by atoms with Gasteiger partial charge in [0.25, 0.3) is 0 Å². The number of aromatic nitrogens is 5. The first-order chi connectivity index (χ1) is 13.9. The second-order valence-corrected chi connectivity index (χ2v) is 6.36. The zero-order valence-corrected chi connectivity index (χ0v) is 15.0. The number of rotatable bonds is 4. The molecule has 152 valence electrons. The van der Waals surface area contributed by atoms with Crippen molar-refractivity contribution in [1.29, 1.82) is 0 Å². The van der Waals surface area contributed by atoms with Crippen LogP contribution in [-0.4, -0.2) is 61.1 Å². The quantitative estimate of drug-likeness (QED) is 0.611. The molecule has 1 saturated heterocycles. The molecule has 2 N–H and O–H groups in total. The first-order valence-corrected chi connectivity index (χ1v) is 8.48. The van der Waals surface area contributed by atoms with Gasteiger partial charge in [-0.25, -0.2) is 17.9 Å². The second-order valence-electron chi connectivity index (χ2n) is 6.36. The van der Waals surface area contributed by atoms with Gasteiger partial charge in [-0.3, -0.25) is 4.98 Å². The topological polar surface area (TPSA) is 109 Å². The highest BCUT2D eigenvalue weighted by Crippen LogP contribution is 2.35. The predicted molar refractivity (Wildman–Crippen MR) is 92.7 cm³/mol. The Balaban J connectivity index is 1.70. The summed E-state index contributed by atoms with van der Waals surface area (Å²) in [6.07, 6.45) is -1.26. The van der Waals surface area contributed by atoms with Crippen molar-refractivity contribution in [3.8, 4) is 22.6 Å². The van der Waals surface area contributed by atoms with Crippen molar-refractivity contribution in [2.45, 2.75) is 12.5 Å². The van der Waals surface area contributed by atoms with Crippen LogP contribution in [0, 0.1) is 17.5 Å². The van der Waals surface area contributed by atoms with Crippen LogP contribution in [0.5, 0.6) is 0 Å². The first kappa shape index (κ1) is 19.2. The standard InChI is InChI=1S/C17H15F3N6O3/c1-25-16(22-23-24-25)11-3-2-8(5-21-11)13-10(18)4-12(14(19)15(13)20)26-6-9(7-27)29-17(26)28/h2-5,9,17,27-28H,6-7H2,1H3/t9-,17?/m1/s1. The number of aryl methyl sites for hydroxylation is 1. The summed E-state index contributed by atoms with van der Waals surface area (Å²) < 4.78 is 50.5. The molecular formula is C17H15F3N6O3. The van der Waals surface area contributed by atoms with Gasteiger partial charge in [-0.05, 0) is 16.5 Å². The molecule has 3 heterocycles. The number of tetrazole rings is 1. The predicted octanol–water partition coefficient (Wildman–Crippen LogP) is 0.830. The third-order valence-corrected chi connectivity index (χ3v) is 4.53. The Hall–Kier alpha value is -3.09. The number of hydrogen-bond acceptors (Lipinski definition) is 8. The molecule has 1 unspecified atom stereocenters. The third-order valence-electron chi connectivity index (χ3n) is 4.53. The van der Waals surface area contributed by atoms with Gasteiger partial charge < -0.3 is 19.8 Å². The number of hydrogen-bond donors (Lipinski definition) is 2. The van der Waals surface area contributed by atoms with Gasteiger partial charge in [0.1, 0.15) is 17.6 Å². The molecule has 4 rings (SSSR count). The third kappa shape index (κ3) is 3.30. The van der Waals surface area contributed by atoms with Crippen molar-refractivity contribution in [3.05, 3.63) is 41.8 Å². The minimum absolute atomic E-state index is 0.00998. The van der Waals surface area contributed by atoms with E-state index in [9.17, 15) is 18.3 Å². The van der Waals surface area contributed by atoms with E-state index in [-0.39, 0.29) is 12.1 Å². The molecule has 0 radical (unpaired) electrons. The molecule has 1 aromatic carbocycles. The summed E-state index contributed by atoms with van der Waals surface area (Å²) in [5, 5.41) is 29.9. The summed E-state index contributed by atoms with van der Waals surface area (Å²) in [4.78, 5) is 5.01. The summed E-state index contributed by atoms with van der Waals surface area (Å²) in [6, 6.07) is 3.59. The van der Waals surface area contributed by atoms with Gasteiger partial charge in [0.05, 0.1) is 24.4 Å². The molecule has 0 amide bonds. The highest BCUT2D eigenvalue weighted by molar-refractivity contribution is 5.69. The zero-order chi connectivity index (χ0) is 20.7. The van der Waals surface area contributed by atoms with E-state index in [2.05, 4.69) is 20.5 Å². The number of ether oxygens (including phenoxy) is 1. The van der Waals surface area contributed by atoms with Crippen LogP contribution in [-0.2, 0) is 11.8 Å². The van der Waals surface area contributed by atoms with Crippen molar-refractivity contribution >= 4 is 5.69 Å². The molecule has 29 heavy (non-hydrogen) atoms. The summed E-state index contributed by atoms with van der Waals surface area (Å²) >= 11 is 0. The largest absolute Gasteiger partial charge is 0.394 e. The van der Waals surface area contributed by atoms with Crippen LogP contribution < -0.4 is 4.90 Å². The Morgan fingerprint density at radius 3 is 2.62 bits per heavy atom. The number of aliphatic hydroxyl groups is 2. The molecule has 2 atom stereocenters. The maximum absolute atomic E-state index is 14.7. The summed E-state index contributed by atoms with van der Waals surface area (Å²) in [5.74, 6) is -3.49. The van der Waals surface area contributed by atoms with Gasteiger partial charge in [0, 0.05) is 24.9 Å². The van der Waals surface area contributed by atoms with E-state index in [1.807, 2.05) is 0 Å². The number of benzene rings is 1. The average Bonchev–Trinajstić information content (AvgIpc) is 3.30. The molecular weight excluding hydrogens is 393 g/mol. The van der Waals surface area contributed by atoms with Crippen LogP contribution in [0.3, 0.4) is 0 Å². The highest BCUT2D eigenvalue weighted by atomic mass is 19.2. The van der Waals surface area contributed by atoms with Gasteiger partial charge in [-0.1, -0.05) is 6.07 Å². The minimum atomic E-state index is -1.63. The SMILES string of the molecule is Cn1nnnc1-c1ccc(-c2c(F)cc(N3C[C@H](CO)OC3O)c(F)c2F)cn1. The fourth-order valence-corrected chi connectivity index (χ4v) is 3.09. The van der Waals surface area contributed by atoms with Crippen LogP contribution in [0.4, 0.5) is 18.9 Å². The maximum Gasteiger partial charge on any atom is 0.238 e. The van der Waals surface area contributed by atoms with Gasteiger partial charge in [-0.2, -0.15) is 0 Å². The van der Waals surface area contributed by atoms with Gasteiger partial charge in [0.2, 0.25) is 6.41 Å². The van der Waals surface area contributed by atoms with Crippen LogP contribution in [0.2, 0.25) is 0 Å². The Kier molecular flexibility index (Phi) is 4.90.